The number of hydrogen-bond donors (Lipinski definition) is 2. The Hall–Kier alpha value is -1.55. The fourth-order valence-corrected chi connectivity index (χ4v) is 1.72. The third-order valence-corrected chi connectivity index (χ3v) is 2.51. The van der Waals surface area contributed by atoms with Crippen molar-refractivity contribution in [2.24, 2.45) is 5.73 Å². The standard InChI is InChI=1S/C12H17NO3/c1-3-8-5-4-6-9(12(8)16-2)10(13)7-11(14)15/h4-6,10H,3,7,13H2,1-2H3,(H,14,15). The second kappa shape index (κ2) is 5.51. The quantitative estimate of drug-likeness (QED) is 0.797. The zero-order valence-corrected chi connectivity index (χ0v) is 9.56. The monoisotopic (exact) mass is 223 g/mol. The first-order valence-corrected chi connectivity index (χ1v) is 5.23. The van der Waals surface area contributed by atoms with Gasteiger partial charge in [-0.3, -0.25) is 4.79 Å². The van der Waals surface area contributed by atoms with E-state index in [9.17, 15) is 4.79 Å². The van der Waals surface area contributed by atoms with Gasteiger partial charge in [-0.1, -0.05) is 25.1 Å². The predicted octanol–water partition coefficient (Wildman–Crippen LogP) is 1.73. The second-order valence-corrected chi connectivity index (χ2v) is 3.60. The number of hydrogen-bond acceptors (Lipinski definition) is 3. The molecule has 16 heavy (non-hydrogen) atoms. The Bertz CT molecular complexity index is 377. The Morgan fingerprint density at radius 1 is 1.56 bits per heavy atom. The van der Waals surface area contributed by atoms with E-state index < -0.39 is 12.0 Å². The van der Waals surface area contributed by atoms with Gasteiger partial charge >= 0.3 is 5.97 Å². The van der Waals surface area contributed by atoms with Crippen molar-refractivity contribution in [3.05, 3.63) is 29.3 Å². The number of aliphatic carboxylic acids is 1. The summed E-state index contributed by atoms with van der Waals surface area (Å²) in [5.74, 6) is -0.199. The number of benzene rings is 1. The number of carbonyl (C=O) groups is 1. The lowest BCUT2D eigenvalue weighted by Gasteiger charge is -2.16. The van der Waals surface area contributed by atoms with E-state index in [4.69, 9.17) is 15.6 Å². The number of rotatable bonds is 5. The molecular weight excluding hydrogens is 206 g/mol. The van der Waals surface area contributed by atoms with Crippen LogP contribution in [0.5, 0.6) is 5.75 Å². The molecule has 0 aliphatic carbocycles. The highest BCUT2D eigenvalue weighted by Gasteiger charge is 2.16. The van der Waals surface area contributed by atoms with Crippen LogP contribution in [0.25, 0.3) is 0 Å². The van der Waals surface area contributed by atoms with Gasteiger partial charge in [0, 0.05) is 11.6 Å². The molecule has 0 aliphatic rings. The van der Waals surface area contributed by atoms with Crippen molar-refractivity contribution in [3.63, 3.8) is 0 Å². The number of ether oxygens (including phenoxy) is 1. The van der Waals surface area contributed by atoms with Crippen LogP contribution in [0.2, 0.25) is 0 Å². The summed E-state index contributed by atoms with van der Waals surface area (Å²) >= 11 is 0. The summed E-state index contributed by atoms with van der Waals surface area (Å²) in [6, 6.07) is 5.11. The maximum Gasteiger partial charge on any atom is 0.305 e. The Morgan fingerprint density at radius 2 is 2.25 bits per heavy atom. The number of aryl methyl sites for hydroxylation is 1. The highest BCUT2D eigenvalue weighted by atomic mass is 16.5. The maximum atomic E-state index is 10.6. The molecule has 1 aromatic rings. The van der Waals surface area contributed by atoms with Gasteiger partial charge in [0.05, 0.1) is 13.5 Å². The van der Waals surface area contributed by atoms with Gasteiger partial charge < -0.3 is 15.6 Å². The Balaban J connectivity index is 3.07. The smallest absolute Gasteiger partial charge is 0.305 e. The molecule has 1 aromatic carbocycles. The summed E-state index contributed by atoms with van der Waals surface area (Å²) in [6.07, 6.45) is 0.736. The first kappa shape index (κ1) is 12.5. The zero-order chi connectivity index (χ0) is 12.1. The predicted molar refractivity (Wildman–Crippen MR) is 61.6 cm³/mol. The van der Waals surface area contributed by atoms with Crippen LogP contribution in [-0.2, 0) is 11.2 Å². The molecule has 88 valence electrons. The summed E-state index contributed by atoms with van der Waals surface area (Å²) in [5, 5.41) is 8.71. The van der Waals surface area contributed by atoms with Crippen molar-refractivity contribution in [1.29, 1.82) is 0 Å². The van der Waals surface area contributed by atoms with Crippen molar-refractivity contribution in [2.75, 3.05) is 7.11 Å². The van der Waals surface area contributed by atoms with Crippen LogP contribution in [0.15, 0.2) is 18.2 Å². The molecule has 1 unspecified atom stereocenters. The summed E-state index contributed by atoms with van der Waals surface area (Å²) in [4.78, 5) is 10.6. The summed E-state index contributed by atoms with van der Waals surface area (Å²) in [7, 11) is 1.57. The number of methoxy groups -OCH3 is 1. The van der Waals surface area contributed by atoms with Gasteiger partial charge in [0.1, 0.15) is 5.75 Å². The van der Waals surface area contributed by atoms with E-state index in [1.54, 1.807) is 7.11 Å². The molecule has 0 bridgehead atoms. The average Bonchev–Trinajstić information content (AvgIpc) is 2.26. The third-order valence-electron chi connectivity index (χ3n) is 2.51. The number of nitrogens with two attached hydrogens (primary N) is 1. The van der Waals surface area contributed by atoms with Crippen LogP contribution in [0.1, 0.15) is 30.5 Å². The van der Waals surface area contributed by atoms with Gasteiger partial charge in [-0.2, -0.15) is 0 Å². The number of carboxylic acid groups (broad SMARTS) is 1. The van der Waals surface area contributed by atoms with E-state index in [1.807, 2.05) is 25.1 Å². The second-order valence-electron chi connectivity index (χ2n) is 3.60. The Kier molecular flexibility index (Phi) is 4.31. The summed E-state index contributed by atoms with van der Waals surface area (Å²) in [5.41, 5.74) is 7.63. The van der Waals surface area contributed by atoms with Gasteiger partial charge in [0.2, 0.25) is 0 Å². The molecule has 0 aliphatic heterocycles. The summed E-state index contributed by atoms with van der Waals surface area (Å²) < 4.78 is 5.30. The van der Waals surface area contributed by atoms with E-state index in [-0.39, 0.29) is 6.42 Å². The largest absolute Gasteiger partial charge is 0.496 e. The SMILES string of the molecule is CCc1cccc(C(N)CC(=O)O)c1OC. The van der Waals surface area contributed by atoms with E-state index in [2.05, 4.69) is 0 Å². The molecule has 4 nitrogen and oxygen atoms in total. The molecule has 1 rings (SSSR count). The van der Waals surface area contributed by atoms with Crippen molar-refractivity contribution in [3.8, 4) is 5.75 Å². The molecule has 0 radical (unpaired) electrons. The van der Waals surface area contributed by atoms with Crippen molar-refractivity contribution < 1.29 is 14.6 Å². The first-order valence-electron chi connectivity index (χ1n) is 5.23. The molecule has 0 saturated heterocycles. The minimum Gasteiger partial charge on any atom is -0.496 e. The van der Waals surface area contributed by atoms with Crippen molar-refractivity contribution in [1.82, 2.24) is 0 Å². The van der Waals surface area contributed by atoms with E-state index in [0.29, 0.717) is 5.75 Å². The fourth-order valence-electron chi connectivity index (χ4n) is 1.72. The van der Waals surface area contributed by atoms with Gasteiger partial charge in [0.15, 0.2) is 0 Å². The highest BCUT2D eigenvalue weighted by molar-refractivity contribution is 5.68. The molecule has 0 aromatic heterocycles. The molecule has 0 amide bonds. The summed E-state index contributed by atoms with van der Waals surface area (Å²) in [6.45, 7) is 2.02. The molecule has 1 atom stereocenters. The average molecular weight is 223 g/mol. The molecule has 3 N–H and O–H groups in total. The van der Waals surface area contributed by atoms with Crippen LogP contribution < -0.4 is 10.5 Å². The van der Waals surface area contributed by atoms with Gasteiger partial charge in [-0.25, -0.2) is 0 Å². The molecule has 0 saturated carbocycles. The Morgan fingerprint density at radius 3 is 2.75 bits per heavy atom. The lowest BCUT2D eigenvalue weighted by atomic mass is 9.99. The number of carboxylic acids is 1. The lowest BCUT2D eigenvalue weighted by molar-refractivity contribution is -0.137. The third kappa shape index (κ3) is 2.73. The molecule has 0 heterocycles. The van der Waals surface area contributed by atoms with Gasteiger partial charge in [-0.05, 0) is 12.0 Å². The Labute approximate surface area is 95.0 Å². The lowest BCUT2D eigenvalue weighted by Crippen LogP contribution is -2.16. The van der Waals surface area contributed by atoms with Crippen molar-refractivity contribution in [2.45, 2.75) is 25.8 Å². The van der Waals surface area contributed by atoms with Gasteiger partial charge in [0.25, 0.3) is 0 Å². The normalized spacial score (nSPS) is 12.2. The number of para-hydroxylation sites is 1. The van der Waals surface area contributed by atoms with Crippen LogP contribution >= 0.6 is 0 Å². The van der Waals surface area contributed by atoms with Crippen molar-refractivity contribution >= 4 is 5.97 Å². The highest BCUT2D eigenvalue weighted by Crippen LogP contribution is 2.29. The topological polar surface area (TPSA) is 72.6 Å². The van der Waals surface area contributed by atoms with E-state index >= 15 is 0 Å². The van der Waals surface area contributed by atoms with Crippen LogP contribution in [-0.4, -0.2) is 18.2 Å². The fraction of sp³-hybridized carbons (Fsp3) is 0.417. The molecule has 4 heteroatoms. The maximum absolute atomic E-state index is 10.6. The molecule has 0 spiro atoms. The van der Waals surface area contributed by atoms with Gasteiger partial charge in [-0.15, -0.1) is 0 Å². The molecule has 0 fully saturated rings. The molecular formula is C12H17NO3. The van der Waals surface area contributed by atoms with E-state index in [1.165, 1.54) is 0 Å². The minimum absolute atomic E-state index is 0.0937. The van der Waals surface area contributed by atoms with Crippen LogP contribution in [0.3, 0.4) is 0 Å². The van der Waals surface area contributed by atoms with E-state index in [0.717, 1.165) is 17.5 Å². The minimum atomic E-state index is -0.906. The van der Waals surface area contributed by atoms with Crippen LogP contribution in [0.4, 0.5) is 0 Å². The zero-order valence-electron chi connectivity index (χ0n) is 9.56. The van der Waals surface area contributed by atoms with Crippen LogP contribution in [0, 0.1) is 0 Å². The first-order chi connectivity index (χ1) is 7.60.